The lowest BCUT2D eigenvalue weighted by atomic mass is 10.1. The SMILES string of the molecule is Cc1cc(NC(=O)c2nc(C(=O)NCCCN(C)C)n3c2CCCC3)no1. The van der Waals surface area contributed by atoms with Crippen LogP contribution in [0.3, 0.4) is 0 Å². The van der Waals surface area contributed by atoms with E-state index in [0.717, 1.165) is 37.9 Å². The van der Waals surface area contributed by atoms with Gasteiger partial charge in [-0.3, -0.25) is 9.59 Å². The van der Waals surface area contributed by atoms with Crippen LogP contribution in [0.15, 0.2) is 10.6 Å². The molecule has 0 saturated heterocycles. The lowest BCUT2D eigenvalue weighted by Crippen LogP contribution is -2.30. The normalized spacial score (nSPS) is 13.5. The lowest BCUT2D eigenvalue weighted by Gasteiger charge is -2.17. The maximum absolute atomic E-state index is 12.7. The van der Waals surface area contributed by atoms with E-state index in [1.54, 1.807) is 13.0 Å². The van der Waals surface area contributed by atoms with Crippen molar-refractivity contribution in [1.82, 2.24) is 24.9 Å². The van der Waals surface area contributed by atoms with Crippen LogP contribution < -0.4 is 10.6 Å². The van der Waals surface area contributed by atoms with Crippen LogP contribution in [-0.2, 0) is 13.0 Å². The van der Waals surface area contributed by atoms with Crippen molar-refractivity contribution in [3.63, 3.8) is 0 Å². The summed E-state index contributed by atoms with van der Waals surface area (Å²) in [5.74, 6) is 0.629. The first-order valence-corrected chi connectivity index (χ1v) is 9.22. The average Bonchev–Trinajstić information content (AvgIpc) is 3.22. The highest BCUT2D eigenvalue weighted by atomic mass is 16.5. The fourth-order valence-corrected chi connectivity index (χ4v) is 3.18. The van der Waals surface area contributed by atoms with Crippen molar-refractivity contribution in [3.05, 3.63) is 29.0 Å². The molecule has 146 valence electrons. The van der Waals surface area contributed by atoms with Crippen molar-refractivity contribution in [3.8, 4) is 0 Å². The Kier molecular flexibility index (Phi) is 5.90. The Bertz CT molecular complexity index is 823. The number of fused-ring (bicyclic) bond motifs is 1. The van der Waals surface area contributed by atoms with Gasteiger partial charge >= 0.3 is 0 Å². The van der Waals surface area contributed by atoms with Gasteiger partial charge in [-0.25, -0.2) is 4.98 Å². The second-order valence-electron chi connectivity index (χ2n) is 7.03. The Morgan fingerprint density at radius 1 is 1.30 bits per heavy atom. The number of aromatic nitrogens is 3. The topological polar surface area (TPSA) is 105 Å². The van der Waals surface area contributed by atoms with Gasteiger partial charge in [0.05, 0.1) is 5.69 Å². The van der Waals surface area contributed by atoms with Crippen LogP contribution in [0.1, 0.15) is 51.8 Å². The Morgan fingerprint density at radius 2 is 2.11 bits per heavy atom. The molecular weight excluding hydrogens is 348 g/mol. The number of hydrogen-bond donors (Lipinski definition) is 2. The van der Waals surface area contributed by atoms with Crippen LogP contribution in [0.4, 0.5) is 5.82 Å². The molecule has 1 aliphatic heterocycles. The van der Waals surface area contributed by atoms with Gasteiger partial charge in [0, 0.05) is 19.2 Å². The zero-order valence-corrected chi connectivity index (χ0v) is 16.0. The highest BCUT2D eigenvalue weighted by molar-refractivity contribution is 6.04. The molecule has 0 fully saturated rings. The molecule has 2 amide bonds. The number of anilines is 1. The van der Waals surface area contributed by atoms with Gasteiger partial charge in [-0.05, 0) is 53.2 Å². The summed E-state index contributed by atoms with van der Waals surface area (Å²) in [6.45, 7) is 3.91. The minimum atomic E-state index is -0.374. The molecule has 0 atom stereocenters. The first kappa shape index (κ1) is 19.1. The zero-order chi connectivity index (χ0) is 19.4. The highest BCUT2D eigenvalue weighted by Gasteiger charge is 2.27. The van der Waals surface area contributed by atoms with Crippen LogP contribution in [0, 0.1) is 6.92 Å². The molecule has 2 aromatic rings. The predicted molar refractivity (Wildman–Crippen MR) is 99.9 cm³/mol. The number of hydrogen-bond acceptors (Lipinski definition) is 6. The molecule has 2 aromatic heterocycles. The highest BCUT2D eigenvalue weighted by Crippen LogP contribution is 2.22. The summed E-state index contributed by atoms with van der Waals surface area (Å²) in [7, 11) is 3.99. The first-order valence-electron chi connectivity index (χ1n) is 9.22. The van der Waals surface area contributed by atoms with E-state index >= 15 is 0 Å². The number of rotatable bonds is 7. The Hall–Kier alpha value is -2.68. The van der Waals surface area contributed by atoms with Crippen LogP contribution in [-0.4, -0.2) is 58.6 Å². The van der Waals surface area contributed by atoms with E-state index in [0.29, 0.717) is 30.5 Å². The molecule has 3 rings (SSSR count). The third-order valence-electron chi connectivity index (χ3n) is 4.47. The van der Waals surface area contributed by atoms with E-state index in [4.69, 9.17) is 4.52 Å². The quantitative estimate of drug-likeness (QED) is 0.711. The van der Waals surface area contributed by atoms with E-state index in [-0.39, 0.29) is 17.5 Å². The lowest BCUT2D eigenvalue weighted by molar-refractivity contribution is 0.0936. The van der Waals surface area contributed by atoms with E-state index in [1.807, 2.05) is 18.7 Å². The van der Waals surface area contributed by atoms with Crippen molar-refractivity contribution in [1.29, 1.82) is 0 Å². The summed E-state index contributed by atoms with van der Waals surface area (Å²) in [5.41, 5.74) is 1.09. The third-order valence-corrected chi connectivity index (χ3v) is 4.47. The van der Waals surface area contributed by atoms with E-state index in [1.165, 1.54) is 0 Å². The van der Waals surface area contributed by atoms with Gasteiger partial charge in [-0.1, -0.05) is 5.16 Å². The molecule has 9 heteroatoms. The second-order valence-corrected chi connectivity index (χ2v) is 7.03. The van der Waals surface area contributed by atoms with Crippen LogP contribution in [0.25, 0.3) is 0 Å². The molecule has 0 aliphatic carbocycles. The van der Waals surface area contributed by atoms with Gasteiger partial charge in [0.2, 0.25) is 0 Å². The Labute approximate surface area is 158 Å². The van der Waals surface area contributed by atoms with Crippen molar-refractivity contribution < 1.29 is 14.1 Å². The fraction of sp³-hybridized carbons (Fsp3) is 0.556. The molecule has 27 heavy (non-hydrogen) atoms. The number of imidazole rings is 1. The van der Waals surface area contributed by atoms with Gasteiger partial charge < -0.3 is 24.6 Å². The van der Waals surface area contributed by atoms with Gasteiger partial charge in [0.25, 0.3) is 11.8 Å². The number of aryl methyl sites for hydroxylation is 1. The molecular formula is C18H26N6O3. The number of carbonyl (C=O) groups is 2. The largest absolute Gasteiger partial charge is 0.360 e. The first-order chi connectivity index (χ1) is 13.0. The van der Waals surface area contributed by atoms with Gasteiger partial charge in [0.1, 0.15) is 5.76 Å². The van der Waals surface area contributed by atoms with Crippen molar-refractivity contribution in [2.75, 3.05) is 32.5 Å². The van der Waals surface area contributed by atoms with E-state index < -0.39 is 0 Å². The minimum Gasteiger partial charge on any atom is -0.360 e. The second kappa shape index (κ2) is 8.34. The smallest absolute Gasteiger partial charge is 0.287 e. The van der Waals surface area contributed by atoms with Crippen LogP contribution >= 0.6 is 0 Å². The summed E-state index contributed by atoms with van der Waals surface area (Å²) >= 11 is 0. The van der Waals surface area contributed by atoms with Gasteiger partial charge in [-0.2, -0.15) is 0 Å². The molecule has 2 N–H and O–H groups in total. The zero-order valence-electron chi connectivity index (χ0n) is 16.0. The molecule has 0 aromatic carbocycles. The summed E-state index contributed by atoms with van der Waals surface area (Å²) < 4.78 is 6.84. The summed E-state index contributed by atoms with van der Waals surface area (Å²) in [6, 6.07) is 1.64. The van der Waals surface area contributed by atoms with Crippen molar-refractivity contribution >= 4 is 17.6 Å². The standard InChI is InChI=1S/C18H26N6O3/c1-12-11-14(22-27-12)20-17(25)15-13-7-4-5-10-24(13)16(21-15)18(26)19-8-6-9-23(2)3/h11H,4-10H2,1-3H3,(H,19,26)(H,20,22,25). The Morgan fingerprint density at radius 3 is 2.81 bits per heavy atom. The summed E-state index contributed by atoms with van der Waals surface area (Å²) in [4.78, 5) is 31.7. The molecule has 0 bridgehead atoms. The molecule has 0 radical (unpaired) electrons. The van der Waals surface area contributed by atoms with Gasteiger partial charge in [-0.15, -0.1) is 0 Å². The Balaban J connectivity index is 1.75. The number of amides is 2. The number of nitrogens with one attached hydrogen (secondary N) is 2. The minimum absolute atomic E-state index is 0.242. The fourth-order valence-electron chi connectivity index (χ4n) is 3.18. The van der Waals surface area contributed by atoms with Crippen LogP contribution in [0.2, 0.25) is 0 Å². The number of nitrogens with zero attached hydrogens (tertiary/aromatic N) is 4. The van der Waals surface area contributed by atoms with E-state index in [2.05, 4.69) is 25.7 Å². The van der Waals surface area contributed by atoms with E-state index in [9.17, 15) is 9.59 Å². The molecule has 0 saturated carbocycles. The maximum Gasteiger partial charge on any atom is 0.287 e. The van der Waals surface area contributed by atoms with Crippen LogP contribution in [0.5, 0.6) is 0 Å². The number of carbonyl (C=O) groups excluding carboxylic acids is 2. The summed E-state index contributed by atoms with van der Waals surface area (Å²) in [6.07, 6.45) is 3.51. The molecule has 0 unspecified atom stereocenters. The van der Waals surface area contributed by atoms with Crippen molar-refractivity contribution in [2.24, 2.45) is 0 Å². The summed E-state index contributed by atoms with van der Waals surface area (Å²) in [5, 5.41) is 9.37. The molecule has 1 aliphatic rings. The molecule has 3 heterocycles. The molecule has 9 nitrogen and oxygen atoms in total. The van der Waals surface area contributed by atoms with Crippen molar-refractivity contribution in [2.45, 2.75) is 39.2 Å². The molecule has 0 spiro atoms. The third kappa shape index (κ3) is 4.54. The van der Waals surface area contributed by atoms with Gasteiger partial charge in [0.15, 0.2) is 17.3 Å². The maximum atomic E-state index is 12.7. The predicted octanol–water partition coefficient (Wildman–Crippen LogP) is 1.45. The average molecular weight is 374 g/mol. The monoisotopic (exact) mass is 374 g/mol.